The van der Waals surface area contributed by atoms with Gasteiger partial charge in [0.25, 0.3) is 5.56 Å². The molecule has 0 saturated carbocycles. The lowest BCUT2D eigenvalue weighted by Gasteiger charge is -2.16. The molecule has 1 heterocycles. The summed E-state index contributed by atoms with van der Waals surface area (Å²) >= 11 is 1.19. The van der Waals surface area contributed by atoms with E-state index in [1.807, 2.05) is 13.0 Å². The SMILES string of the molecule is CCn1c(SC(C)C(=O)Nc2ccccc2C(=O)OC)nc2ccccc2c1=O. The third-order valence-corrected chi connectivity index (χ3v) is 5.47. The topological polar surface area (TPSA) is 90.3 Å². The van der Waals surface area contributed by atoms with Crippen LogP contribution in [0.15, 0.2) is 58.5 Å². The highest BCUT2D eigenvalue weighted by molar-refractivity contribution is 8.00. The van der Waals surface area contributed by atoms with Crippen LogP contribution in [0.3, 0.4) is 0 Å². The fourth-order valence-corrected chi connectivity index (χ4v) is 3.82. The molecule has 0 bridgehead atoms. The van der Waals surface area contributed by atoms with Crippen molar-refractivity contribution in [3.8, 4) is 0 Å². The molecule has 0 saturated heterocycles. The number of para-hydroxylation sites is 2. The highest BCUT2D eigenvalue weighted by Gasteiger charge is 2.21. The molecular formula is C21H21N3O4S. The van der Waals surface area contributed by atoms with Crippen LogP contribution in [-0.4, -0.2) is 33.8 Å². The molecule has 1 N–H and O–H groups in total. The van der Waals surface area contributed by atoms with E-state index in [1.165, 1.54) is 18.9 Å². The molecule has 29 heavy (non-hydrogen) atoms. The van der Waals surface area contributed by atoms with E-state index in [9.17, 15) is 14.4 Å². The monoisotopic (exact) mass is 411 g/mol. The van der Waals surface area contributed by atoms with Gasteiger partial charge in [-0.3, -0.25) is 14.2 Å². The first-order valence-electron chi connectivity index (χ1n) is 9.10. The number of rotatable bonds is 6. The van der Waals surface area contributed by atoms with Crippen molar-refractivity contribution in [2.24, 2.45) is 0 Å². The second kappa shape index (κ2) is 8.91. The fourth-order valence-electron chi connectivity index (χ4n) is 2.84. The molecule has 3 rings (SSSR count). The first kappa shape index (κ1) is 20.6. The number of fused-ring (bicyclic) bond motifs is 1. The van der Waals surface area contributed by atoms with Gasteiger partial charge in [0.1, 0.15) is 0 Å². The molecule has 0 fully saturated rings. The van der Waals surface area contributed by atoms with Crippen molar-refractivity contribution in [3.63, 3.8) is 0 Å². The number of nitrogens with one attached hydrogen (secondary N) is 1. The molecule has 0 spiro atoms. The van der Waals surface area contributed by atoms with Crippen LogP contribution in [0.25, 0.3) is 10.9 Å². The number of aromatic nitrogens is 2. The Morgan fingerprint density at radius 3 is 2.59 bits per heavy atom. The molecule has 150 valence electrons. The number of amides is 1. The number of hydrogen-bond donors (Lipinski definition) is 1. The van der Waals surface area contributed by atoms with Gasteiger partial charge in [0.05, 0.1) is 34.5 Å². The van der Waals surface area contributed by atoms with Crippen LogP contribution >= 0.6 is 11.8 Å². The summed E-state index contributed by atoms with van der Waals surface area (Å²) in [5.74, 6) is -0.839. The number of carbonyl (C=O) groups excluding carboxylic acids is 2. The minimum atomic E-state index is -0.549. The predicted molar refractivity (Wildman–Crippen MR) is 113 cm³/mol. The molecule has 1 atom stereocenters. The third kappa shape index (κ3) is 4.32. The molecule has 2 aromatic carbocycles. The van der Waals surface area contributed by atoms with Crippen molar-refractivity contribution in [2.75, 3.05) is 12.4 Å². The van der Waals surface area contributed by atoms with Crippen molar-refractivity contribution in [2.45, 2.75) is 30.8 Å². The maximum atomic E-state index is 12.7. The van der Waals surface area contributed by atoms with Gasteiger partial charge in [-0.15, -0.1) is 0 Å². The third-order valence-electron chi connectivity index (χ3n) is 4.38. The van der Waals surface area contributed by atoms with Crippen LogP contribution in [-0.2, 0) is 16.1 Å². The second-order valence-corrected chi connectivity index (χ2v) is 7.56. The van der Waals surface area contributed by atoms with Crippen LogP contribution < -0.4 is 10.9 Å². The number of thioether (sulfide) groups is 1. The number of benzene rings is 2. The highest BCUT2D eigenvalue weighted by atomic mass is 32.2. The van der Waals surface area contributed by atoms with Crippen LogP contribution in [0.2, 0.25) is 0 Å². The first-order chi connectivity index (χ1) is 14.0. The zero-order valence-electron chi connectivity index (χ0n) is 16.3. The summed E-state index contributed by atoms with van der Waals surface area (Å²) in [6.07, 6.45) is 0. The standard InChI is InChI=1S/C21H21N3O4S/c1-4-24-19(26)14-9-5-7-11-16(14)23-21(24)29-13(2)18(25)22-17-12-8-6-10-15(17)20(27)28-3/h5-13H,4H2,1-3H3,(H,22,25). The predicted octanol–water partition coefficient (Wildman–Crippen LogP) is 3.32. The Labute approximate surface area is 172 Å². The average Bonchev–Trinajstić information content (AvgIpc) is 2.73. The normalized spacial score (nSPS) is 11.8. The molecule has 7 nitrogen and oxygen atoms in total. The van der Waals surface area contributed by atoms with E-state index in [0.717, 1.165) is 0 Å². The number of carbonyl (C=O) groups is 2. The van der Waals surface area contributed by atoms with Crippen molar-refractivity contribution >= 4 is 40.2 Å². The van der Waals surface area contributed by atoms with Crippen LogP contribution in [0.5, 0.6) is 0 Å². The smallest absolute Gasteiger partial charge is 0.339 e. The number of nitrogens with zero attached hydrogens (tertiary/aromatic N) is 2. The van der Waals surface area contributed by atoms with Gasteiger partial charge in [-0.2, -0.15) is 0 Å². The van der Waals surface area contributed by atoms with E-state index in [-0.39, 0.29) is 17.0 Å². The minimum Gasteiger partial charge on any atom is -0.465 e. The maximum Gasteiger partial charge on any atom is 0.339 e. The summed E-state index contributed by atoms with van der Waals surface area (Å²) in [6, 6.07) is 13.8. The van der Waals surface area contributed by atoms with Crippen molar-refractivity contribution < 1.29 is 14.3 Å². The molecule has 1 aromatic heterocycles. The molecule has 1 unspecified atom stereocenters. The van der Waals surface area contributed by atoms with Crippen LogP contribution in [0, 0.1) is 0 Å². The fraction of sp³-hybridized carbons (Fsp3) is 0.238. The van der Waals surface area contributed by atoms with Crippen molar-refractivity contribution in [1.29, 1.82) is 0 Å². The zero-order chi connectivity index (χ0) is 21.0. The van der Waals surface area contributed by atoms with E-state index in [1.54, 1.807) is 54.0 Å². The van der Waals surface area contributed by atoms with E-state index < -0.39 is 11.2 Å². The molecule has 0 aliphatic carbocycles. The molecule has 0 aliphatic rings. The quantitative estimate of drug-likeness (QED) is 0.380. The van der Waals surface area contributed by atoms with Crippen molar-refractivity contribution in [3.05, 3.63) is 64.4 Å². The van der Waals surface area contributed by atoms with Crippen molar-refractivity contribution in [1.82, 2.24) is 9.55 Å². The van der Waals surface area contributed by atoms with Gasteiger partial charge in [0.2, 0.25) is 5.91 Å². The second-order valence-electron chi connectivity index (χ2n) is 6.25. The molecule has 0 aliphatic heterocycles. The maximum absolute atomic E-state index is 12.7. The number of esters is 1. The van der Waals surface area contributed by atoms with Gasteiger partial charge in [-0.1, -0.05) is 36.0 Å². The molecular weight excluding hydrogens is 390 g/mol. The Kier molecular flexibility index (Phi) is 6.33. The van der Waals surface area contributed by atoms with Crippen LogP contribution in [0.4, 0.5) is 5.69 Å². The summed E-state index contributed by atoms with van der Waals surface area (Å²) in [4.78, 5) is 41.9. The summed E-state index contributed by atoms with van der Waals surface area (Å²) < 4.78 is 6.31. The average molecular weight is 411 g/mol. The summed E-state index contributed by atoms with van der Waals surface area (Å²) in [6.45, 7) is 4.03. The Morgan fingerprint density at radius 2 is 1.86 bits per heavy atom. The largest absolute Gasteiger partial charge is 0.465 e. The first-order valence-corrected chi connectivity index (χ1v) is 9.98. The lowest BCUT2D eigenvalue weighted by atomic mass is 10.2. The summed E-state index contributed by atoms with van der Waals surface area (Å²) in [5.41, 5.74) is 1.10. The lowest BCUT2D eigenvalue weighted by Crippen LogP contribution is -2.27. The summed E-state index contributed by atoms with van der Waals surface area (Å²) in [7, 11) is 1.29. The van der Waals surface area contributed by atoms with Gasteiger partial charge < -0.3 is 10.1 Å². The number of anilines is 1. The molecule has 8 heteroatoms. The molecule has 0 radical (unpaired) electrons. The lowest BCUT2D eigenvalue weighted by molar-refractivity contribution is -0.115. The Balaban J connectivity index is 1.86. The summed E-state index contributed by atoms with van der Waals surface area (Å²) in [5, 5.41) is 3.23. The Morgan fingerprint density at radius 1 is 1.17 bits per heavy atom. The van der Waals surface area contributed by atoms with Gasteiger partial charge >= 0.3 is 5.97 Å². The van der Waals surface area contributed by atoms with Crippen LogP contribution in [0.1, 0.15) is 24.2 Å². The molecule has 1 amide bonds. The van der Waals surface area contributed by atoms with Gasteiger partial charge in [-0.25, -0.2) is 9.78 Å². The van der Waals surface area contributed by atoms with E-state index in [2.05, 4.69) is 10.3 Å². The van der Waals surface area contributed by atoms with Gasteiger partial charge in [0, 0.05) is 6.54 Å². The minimum absolute atomic E-state index is 0.135. The van der Waals surface area contributed by atoms with Gasteiger partial charge in [-0.05, 0) is 38.1 Å². The Bertz CT molecular complexity index is 1130. The molecule has 3 aromatic rings. The van der Waals surface area contributed by atoms with E-state index in [0.29, 0.717) is 28.3 Å². The number of hydrogen-bond acceptors (Lipinski definition) is 6. The van der Waals surface area contributed by atoms with E-state index >= 15 is 0 Å². The van der Waals surface area contributed by atoms with Gasteiger partial charge in [0.15, 0.2) is 5.16 Å². The number of ether oxygens (including phenoxy) is 1. The Hall–Kier alpha value is -3.13. The number of methoxy groups -OCH3 is 1. The highest BCUT2D eigenvalue weighted by Crippen LogP contribution is 2.24. The van der Waals surface area contributed by atoms with E-state index in [4.69, 9.17) is 4.74 Å². The zero-order valence-corrected chi connectivity index (χ0v) is 17.2.